The van der Waals surface area contributed by atoms with Gasteiger partial charge in [0.2, 0.25) is 0 Å². The van der Waals surface area contributed by atoms with E-state index < -0.39 is 41.5 Å². The van der Waals surface area contributed by atoms with Gasteiger partial charge in [0.05, 0.1) is 15.5 Å². The number of rotatable bonds is 4. The lowest BCUT2D eigenvalue weighted by molar-refractivity contribution is 0.102. The predicted molar refractivity (Wildman–Crippen MR) is 86.9 cm³/mol. The van der Waals surface area contributed by atoms with Gasteiger partial charge in [-0.3, -0.25) is 13.9 Å². The van der Waals surface area contributed by atoms with Crippen LogP contribution in [0, 0.1) is 6.92 Å². The van der Waals surface area contributed by atoms with Crippen LogP contribution in [0.5, 0.6) is 5.75 Å². The lowest BCUT2D eigenvalue weighted by Gasteiger charge is -2.10. The summed E-state index contributed by atoms with van der Waals surface area (Å²) in [6.07, 6.45) is 0. The Kier molecular flexibility index (Phi) is 4.86. The number of hydrogen-bond donors (Lipinski definition) is 4. The molecule has 4 N–H and O–H groups in total. The van der Waals surface area contributed by atoms with Gasteiger partial charge in [-0.15, -0.1) is 0 Å². The standard InChI is InChI=1S/C14H13NO8S2/c1-8-2-3-12(13(16)4-8)15-14(17)9-5-10(24(18,19)20)7-11(6-9)25(21,22)23/h2-7,16H,1H3,(H,15,17)(H,18,19,20)(H,21,22,23). The third-order valence-corrected chi connectivity index (χ3v) is 4.80. The van der Waals surface area contributed by atoms with Gasteiger partial charge in [0.15, 0.2) is 0 Å². The number of phenols is 1. The van der Waals surface area contributed by atoms with Crippen molar-refractivity contribution in [3.05, 3.63) is 47.5 Å². The van der Waals surface area contributed by atoms with E-state index in [9.17, 15) is 26.7 Å². The van der Waals surface area contributed by atoms with Crippen LogP contribution in [-0.2, 0) is 20.2 Å². The number of hydrogen-bond acceptors (Lipinski definition) is 6. The number of phenolic OH excluding ortho intramolecular Hbond substituents is 1. The molecule has 2 aromatic rings. The second-order valence-electron chi connectivity index (χ2n) is 5.12. The molecule has 0 aliphatic heterocycles. The molecule has 2 aromatic carbocycles. The van der Waals surface area contributed by atoms with Gasteiger partial charge in [0, 0.05) is 5.56 Å². The Balaban J connectivity index is 2.52. The molecule has 0 bridgehead atoms. The summed E-state index contributed by atoms with van der Waals surface area (Å²) in [6.45, 7) is 1.71. The molecule has 134 valence electrons. The fourth-order valence-corrected chi connectivity index (χ4v) is 3.12. The highest BCUT2D eigenvalue weighted by Gasteiger charge is 2.21. The fraction of sp³-hybridized carbons (Fsp3) is 0.0714. The summed E-state index contributed by atoms with van der Waals surface area (Å²) in [5.41, 5.74) is 0.251. The minimum absolute atomic E-state index is 0.00117. The maximum absolute atomic E-state index is 12.2. The Morgan fingerprint density at radius 3 is 1.88 bits per heavy atom. The van der Waals surface area contributed by atoms with Crippen LogP contribution in [0.25, 0.3) is 0 Å². The molecule has 0 fully saturated rings. The molecule has 0 atom stereocenters. The number of anilines is 1. The van der Waals surface area contributed by atoms with Crippen molar-refractivity contribution in [3.63, 3.8) is 0 Å². The molecule has 0 aromatic heterocycles. The number of carbonyl (C=O) groups excluding carboxylic acids is 1. The third-order valence-electron chi connectivity index (χ3n) is 3.14. The van der Waals surface area contributed by atoms with Gasteiger partial charge in [0.1, 0.15) is 5.75 Å². The van der Waals surface area contributed by atoms with Crippen molar-refractivity contribution < 1.29 is 35.8 Å². The first-order valence-corrected chi connectivity index (χ1v) is 9.47. The summed E-state index contributed by atoms with van der Waals surface area (Å²) in [6, 6.07) is 6.31. The van der Waals surface area contributed by atoms with Crippen LogP contribution in [0.15, 0.2) is 46.2 Å². The summed E-state index contributed by atoms with van der Waals surface area (Å²) in [5.74, 6) is -1.22. The highest BCUT2D eigenvalue weighted by molar-refractivity contribution is 7.86. The Labute approximate surface area is 143 Å². The molecule has 0 aliphatic rings. The zero-order chi connectivity index (χ0) is 19.0. The van der Waals surface area contributed by atoms with E-state index in [-0.39, 0.29) is 11.4 Å². The maximum atomic E-state index is 12.2. The van der Waals surface area contributed by atoms with E-state index in [4.69, 9.17) is 9.11 Å². The van der Waals surface area contributed by atoms with Crippen LogP contribution in [0.1, 0.15) is 15.9 Å². The molecule has 9 nitrogen and oxygen atoms in total. The molecule has 0 heterocycles. The van der Waals surface area contributed by atoms with Crippen LogP contribution in [0.3, 0.4) is 0 Å². The van der Waals surface area contributed by atoms with E-state index >= 15 is 0 Å². The molecule has 0 saturated carbocycles. The number of aromatic hydroxyl groups is 1. The summed E-state index contributed by atoms with van der Waals surface area (Å²) in [5, 5.41) is 12.0. The SMILES string of the molecule is Cc1ccc(NC(=O)c2cc(S(=O)(=O)O)cc(S(=O)(=O)O)c2)c(O)c1. The van der Waals surface area contributed by atoms with Crippen molar-refractivity contribution in [2.45, 2.75) is 16.7 Å². The second-order valence-corrected chi connectivity index (χ2v) is 7.96. The summed E-state index contributed by atoms with van der Waals surface area (Å²) < 4.78 is 63.1. The zero-order valence-corrected chi connectivity index (χ0v) is 14.3. The first-order valence-electron chi connectivity index (χ1n) is 6.59. The molecule has 0 saturated heterocycles. The predicted octanol–water partition coefficient (Wildman–Crippen LogP) is 1.45. The Morgan fingerprint density at radius 2 is 1.44 bits per heavy atom. The molecule has 11 heteroatoms. The number of benzene rings is 2. The molecule has 0 spiro atoms. The van der Waals surface area contributed by atoms with Gasteiger partial charge in [-0.05, 0) is 42.8 Å². The maximum Gasteiger partial charge on any atom is 0.294 e. The van der Waals surface area contributed by atoms with E-state index in [2.05, 4.69) is 5.32 Å². The van der Waals surface area contributed by atoms with Gasteiger partial charge >= 0.3 is 0 Å². The lowest BCUT2D eigenvalue weighted by atomic mass is 10.2. The summed E-state index contributed by atoms with van der Waals surface area (Å²) in [7, 11) is -9.67. The molecule has 0 radical (unpaired) electrons. The quantitative estimate of drug-likeness (QED) is 0.453. The Bertz CT molecular complexity index is 1010. The molecule has 1 amide bonds. The van der Waals surface area contributed by atoms with E-state index in [1.807, 2.05) is 0 Å². The third kappa shape index (κ3) is 4.54. The number of aryl methyl sites for hydroxylation is 1. The monoisotopic (exact) mass is 387 g/mol. The molecule has 2 rings (SSSR count). The van der Waals surface area contributed by atoms with E-state index in [0.29, 0.717) is 6.07 Å². The van der Waals surface area contributed by atoms with Gasteiger partial charge in [-0.2, -0.15) is 16.8 Å². The van der Waals surface area contributed by atoms with Crippen molar-refractivity contribution >= 4 is 31.8 Å². The molecule has 0 aliphatic carbocycles. The van der Waals surface area contributed by atoms with Crippen LogP contribution in [0.4, 0.5) is 5.69 Å². The van der Waals surface area contributed by atoms with Crippen LogP contribution in [0.2, 0.25) is 0 Å². The van der Waals surface area contributed by atoms with Crippen molar-refractivity contribution in [2.24, 2.45) is 0 Å². The first kappa shape index (κ1) is 18.9. The van der Waals surface area contributed by atoms with Gasteiger partial charge in [-0.1, -0.05) is 6.07 Å². The molecular formula is C14H13NO8S2. The highest BCUT2D eigenvalue weighted by atomic mass is 32.2. The van der Waals surface area contributed by atoms with Crippen LogP contribution in [-0.4, -0.2) is 37.0 Å². The fourth-order valence-electron chi connectivity index (χ4n) is 1.94. The van der Waals surface area contributed by atoms with Crippen molar-refractivity contribution in [1.29, 1.82) is 0 Å². The average molecular weight is 387 g/mol. The van der Waals surface area contributed by atoms with Crippen LogP contribution >= 0.6 is 0 Å². The molecule has 0 unspecified atom stereocenters. The summed E-state index contributed by atoms with van der Waals surface area (Å²) in [4.78, 5) is 10.5. The minimum atomic E-state index is -4.83. The topological polar surface area (TPSA) is 158 Å². The normalized spacial score (nSPS) is 12.0. The van der Waals surface area contributed by atoms with Crippen molar-refractivity contribution in [1.82, 2.24) is 0 Å². The Hall–Kier alpha value is -2.47. The van der Waals surface area contributed by atoms with Crippen molar-refractivity contribution in [2.75, 3.05) is 5.32 Å². The zero-order valence-electron chi connectivity index (χ0n) is 12.7. The van der Waals surface area contributed by atoms with E-state index in [1.165, 1.54) is 12.1 Å². The highest BCUT2D eigenvalue weighted by Crippen LogP contribution is 2.25. The van der Waals surface area contributed by atoms with Gasteiger partial charge in [-0.25, -0.2) is 0 Å². The second kappa shape index (κ2) is 6.44. The number of carbonyl (C=O) groups is 1. The summed E-state index contributed by atoms with van der Waals surface area (Å²) >= 11 is 0. The average Bonchev–Trinajstić information content (AvgIpc) is 2.47. The number of nitrogens with one attached hydrogen (secondary N) is 1. The molecule has 25 heavy (non-hydrogen) atoms. The lowest BCUT2D eigenvalue weighted by Crippen LogP contribution is -2.14. The van der Waals surface area contributed by atoms with Crippen molar-refractivity contribution in [3.8, 4) is 5.75 Å². The first-order chi connectivity index (χ1) is 11.4. The largest absolute Gasteiger partial charge is 0.506 e. The smallest absolute Gasteiger partial charge is 0.294 e. The van der Waals surface area contributed by atoms with E-state index in [0.717, 1.165) is 17.7 Å². The van der Waals surface area contributed by atoms with Gasteiger partial charge in [0.25, 0.3) is 26.1 Å². The van der Waals surface area contributed by atoms with Crippen LogP contribution < -0.4 is 5.32 Å². The minimum Gasteiger partial charge on any atom is -0.506 e. The number of amides is 1. The Morgan fingerprint density at radius 1 is 0.920 bits per heavy atom. The molecular weight excluding hydrogens is 374 g/mol. The van der Waals surface area contributed by atoms with E-state index in [1.54, 1.807) is 13.0 Å². The van der Waals surface area contributed by atoms with Gasteiger partial charge < -0.3 is 10.4 Å².